The quantitative estimate of drug-likeness (QED) is 0.555. The summed E-state index contributed by atoms with van der Waals surface area (Å²) in [5.74, 6) is -1.00. The first-order chi connectivity index (χ1) is 15.4. The van der Waals surface area contributed by atoms with E-state index in [0.717, 1.165) is 16.3 Å². The van der Waals surface area contributed by atoms with Gasteiger partial charge in [0, 0.05) is 18.3 Å². The average molecular weight is 432 g/mol. The summed E-state index contributed by atoms with van der Waals surface area (Å²) in [6, 6.07) is 18.0. The molecule has 32 heavy (non-hydrogen) atoms. The van der Waals surface area contributed by atoms with Crippen molar-refractivity contribution in [2.75, 3.05) is 13.6 Å². The van der Waals surface area contributed by atoms with Crippen LogP contribution in [0.3, 0.4) is 0 Å². The zero-order valence-corrected chi connectivity index (χ0v) is 17.9. The topological polar surface area (TPSA) is 99.6 Å². The van der Waals surface area contributed by atoms with E-state index >= 15 is 0 Å². The zero-order valence-electron chi connectivity index (χ0n) is 17.9. The van der Waals surface area contributed by atoms with Gasteiger partial charge in [-0.2, -0.15) is 10.1 Å². The van der Waals surface area contributed by atoms with Crippen LogP contribution in [-0.4, -0.2) is 51.1 Å². The number of carbonyl (C=O) groups excluding carboxylic acids is 3. The maximum absolute atomic E-state index is 12.9. The van der Waals surface area contributed by atoms with Crippen LogP contribution in [0.4, 0.5) is 4.79 Å². The first-order valence-corrected chi connectivity index (χ1v) is 10.2. The highest BCUT2D eigenvalue weighted by Gasteiger charge is 2.49. The maximum atomic E-state index is 12.9. The number of carbonyl (C=O) groups is 3. The molecule has 1 aliphatic rings. The van der Waals surface area contributed by atoms with Crippen LogP contribution in [0.1, 0.15) is 18.1 Å². The number of para-hydroxylation sites is 1. The van der Waals surface area contributed by atoms with Crippen molar-refractivity contribution < 1.29 is 14.4 Å². The predicted octanol–water partition coefficient (Wildman–Crippen LogP) is 1.80. The number of hydrazine groups is 1. The summed E-state index contributed by atoms with van der Waals surface area (Å²) in [5.41, 5.74) is 3.70. The lowest BCUT2D eigenvalue weighted by atomic mass is 9.92. The zero-order chi connectivity index (χ0) is 22.7. The maximum Gasteiger partial charge on any atom is 0.344 e. The average Bonchev–Trinajstić information content (AvgIpc) is 3.33. The van der Waals surface area contributed by atoms with Gasteiger partial charge in [0.25, 0.3) is 11.8 Å². The summed E-state index contributed by atoms with van der Waals surface area (Å²) in [6.45, 7) is 2.09. The normalized spacial score (nSPS) is 18.2. The van der Waals surface area contributed by atoms with E-state index in [-0.39, 0.29) is 6.54 Å². The molecule has 9 heteroatoms. The highest BCUT2D eigenvalue weighted by Crippen LogP contribution is 2.27. The fraction of sp³-hybridized carbons (Fsp3) is 0.217. The van der Waals surface area contributed by atoms with E-state index in [1.165, 1.54) is 0 Å². The molecule has 1 atom stereocenters. The second-order valence-electron chi connectivity index (χ2n) is 7.90. The molecule has 0 aliphatic carbocycles. The van der Waals surface area contributed by atoms with Crippen LogP contribution in [0.15, 0.2) is 73.1 Å². The largest absolute Gasteiger partial charge is 0.344 e. The molecule has 0 unspecified atom stereocenters. The van der Waals surface area contributed by atoms with Crippen molar-refractivity contribution in [3.63, 3.8) is 0 Å². The Kier molecular flexibility index (Phi) is 5.74. The van der Waals surface area contributed by atoms with Gasteiger partial charge in [-0.25, -0.2) is 9.48 Å². The molecule has 1 aromatic heterocycles. The van der Waals surface area contributed by atoms with Crippen LogP contribution < -0.4 is 10.7 Å². The molecule has 4 amide bonds. The molecular weight excluding hydrogens is 408 g/mol. The molecule has 2 N–H and O–H groups in total. The number of nitrogens with one attached hydrogen (secondary N) is 2. The van der Waals surface area contributed by atoms with Crippen molar-refractivity contribution in [1.82, 2.24) is 30.4 Å². The number of hydrogen-bond donors (Lipinski definition) is 2. The van der Waals surface area contributed by atoms with Crippen LogP contribution >= 0.6 is 0 Å². The van der Waals surface area contributed by atoms with Crippen LogP contribution in [-0.2, 0) is 21.7 Å². The van der Waals surface area contributed by atoms with E-state index in [0.29, 0.717) is 12.1 Å². The molecule has 0 spiro atoms. The first-order valence-electron chi connectivity index (χ1n) is 10.2. The monoisotopic (exact) mass is 432 g/mol. The Hall–Kier alpha value is -3.98. The Bertz CT molecular complexity index is 1130. The number of urea groups is 1. The Morgan fingerprint density at radius 1 is 1.09 bits per heavy atom. The van der Waals surface area contributed by atoms with Crippen molar-refractivity contribution >= 4 is 17.8 Å². The third kappa shape index (κ3) is 4.23. The molecule has 1 saturated heterocycles. The molecule has 2 aromatic carbocycles. The number of rotatable bonds is 7. The Labute approximate surface area is 185 Å². The van der Waals surface area contributed by atoms with Gasteiger partial charge in [-0.05, 0) is 31.7 Å². The first kappa shape index (κ1) is 21.3. The van der Waals surface area contributed by atoms with Gasteiger partial charge in [-0.1, -0.05) is 48.5 Å². The molecule has 0 saturated carbocycles. The summed E-state index contributed by atoms with van der Waals surface area (Å²) in [6.07, 6.45) is 3.64. The lowest BCUT2D eigenvalue weighted by Gasteiger charge is -2.22. The Balaban J connectivity index is 1.35. The minimum atomic E-state index is -1.23. The summed E-state index contributed by atoms with van der Waals surface area (Å²) in [4.78, 5) is 39.6. The lowest BCUT2D eigenvalue weighted by molar-refractivity contribution is -0.139. The SMILES string of the molecule is CN(CC(=O)NN1C(=O)N[C@](C)(c2ccccc2)C1=O)Cc1cnn(-c2ccccc2)c1. The smallest absolute Gasteiger partial charge is 0.318 e. The Morgan fingerprint density at radius 2 is 1.75 bits per heavy atom. The number of benzene rings is 2. The van der Waals surface area contributed by atoms with Gasteiger partial charge < -0.3 is 5.32 Å². The molecule has 0 bridgehead atoms. The standard InChI is InChI=1S/C23H24N6O3/c1-23(18-9-5-3-6-10-18)21(31)29(22(32)25-23)26-20(30)16-27(2)14-17-13-24-28(15-17)19-11-7-4-8-12-19/h3-13,15H,14,16H2,1-2H3,(H,25,32)(H,26,30)/t23-/m1/s1. The second-order valence-corrected chi connectivity index (χ2v) is 7.90. The number of likely N-dealkylation sites (N-methyl/N-ethyl adjacent to an activating group) is 1. The van der Waals surface area contributed by atoms with Crippen LogP contribution in [0, 0.1) is 0 Å². The molecule has 1 fully saturated rings. The van der Waals surface area contributed by atoms with Crippen LogP contribution in [0.2, 0.25) is 0 Å². The molecule has 0 radical (unpaired) electrons. The third-order valence-corrected chi connectivity index (χ3v) is 5.30. The fourth-order valence-electron chi connectivity index (χ4n) is 3.64. The molecule has 164 valence electrons. The van der Waals surface area contributed by atoms with Gasteiger partial charge in [0.15, 0.2) is 0 Å². The van der Waals surface area contributed by atoms with E-state index in [4.69, 9.17) is 0 Å². The van der Waals surface area contributed by atoms with E-state index in [1.54, 1.807) is 54.0 Å². The number of aromatic nitrogens is 2. The summed E-state index contributed by atoms with van der Waals surface area (Å²) in [5, 5.41) is 7.76. The second kappa shape index (κ2) is 8.64. The van der Waals surface area contributed by atoms with E-state index in [1.807, 2.05) is 42.6 Å². The minimum Gasteiger partial charge on any atom is -0.318 e. The number of hydrogen-bond acceptors (Lipinski definition) is 5. The molecule has 3 aromatic rings. The number of imide groups is 1. The van der Waals surface area contributed by atoms with E-state index < -0.39 is 23.4 Å². The van der Waals surface area contributed by atoms with Gasteiger partial charge in [0.05, 0.1) is 18.4 Å². The molecule has 4 rings (SSSR count). The van der Waals surface area contributed by atoms with Gasteiger partial charge >= 0.3 is 6.03 Å². The summed E-state index contributed by atoms with van der Waals surface area (Å²) in [7, 11) is 1.78. The van der Waals surface area contributed by atoms with Gasteiger partial charge in [-0.3, -0.25) is 19.9 Å². The highest BCUT2D eigenvalue weighted by atomic mass is 16.2. The summed E-state index contributed by atoms with van der Waals surface area (Å²) < 4.78 is 1.76. The lowest BCUT2D eigenvalue weighted by Crippen LogP contribution is -2.50. The molecule has 2 heterocycles. The number of nitrogens with zero attached hydrogens (tertiary/aromatic N) is 4. The van der Waals surface area contributed by atoms with Crippen LogP contribution in [0.5, 0.6) is 0 Å². The third-order valence-electron chi connectivity index (χ3n) is 5.30. The van der Waals surface area contributed by atoms with Crippen LogP contribution in [0.25, 0.3) is 5.69 Å². The summed E-state index contributed by atoms with van der Waals surface area (Å²) >= 11 is 0. The highest BCUT2D eigenvalue weighted by molar-refractivity contribution is 6.08. The van der Waals surface area contributed by atoms with Gasteiger partial charge in [0.1, 0.15) is 5.54 Å². The predicted molar refractivity (Wildman–Crippen MR) is 117 cm³/mol. The Morgan fingerprint density at radius 3 is 2.44 bits per heavy atom. The van der Waals surface area contributed by atoms with Crippen molar-refractivity contribution in [3.8, 4) is 5.69 Å². The molecule has 1 aliphatic heterocycles. The molecule has 9 nitrogen and oxygen atoms in total. The van der Waals surface area contributed by atoms with Crippen molar-refractivity contribution in [3.05, 3.63) is 84.2 Å². The van der Waals surface area contributed by atoms with E-state index in [2.05, 4.69) is 15.8 Å². The van der Waals surface area contributed by atoms with Gasteiger partial charge in [0.2, 0.25) is 0 Å². The molecular formula is C23H24N6O3. The fourth-order valence-corrected chi connectivity index (χ4v) is 3.64. The number of amides is 4. The van der Waals surface area contributed by atoms with Crippen molar-refractivity contribution in [2.24, 2.45) is 0 Å². The van der Waals surface area contributed by atoms with Crippen molar-refractivity contribution in [2.45, 2.75) is 19.0 Å². The van der Waals surface area contributed by atoms with Gasteiger partial charge in [-0.15, -0.1) is 0 Å². The van der Waals surface area contributed by atoms with Crippen molar-refractivity contribution in [1.29, 1.82) is 0 Å². The van der Waals surface area contributed by atoms with E-state index in [9.17, 15) is 14.4 Å². The minimum absolute atomic E-state index is 0.00434.